The lowest BCUT2D eigenvalue weighted by molar-refractivity contribution is -0.540. The highest BCUT2D eigenvalue weighted by atomic mass is 16.6. The number of ketones is 1. The van der Waals surface area contributed by atoms with Gasteiger partial charge in [0.25, 0.3) is 0 Å². The molecular weight excluding hydrogens is 258 g/mol. The van der Waals surface area contributed by atoms with Crippen LogP contribution in [0.1, 0.15) is 24.8 Å². The minimum absolute atomic E-state index is 0.0824. The van der Waals surface area contributed by atoms with Crippen molar-refractivity contribution in [2.45, 2.75) is 25.3 Å². The predicted molar refractivity (Wildman–Crippen MR) is 74.1 cm³/mol. The number of nitro groups is 1. The summed E-state index contributed by atoms with van der Waals surface area (Å²) in [5, 5.41) is 11.5. The Hall–Kier alpha value is -1.75. The number of hydrogen-bond donors (Lipinski definition) is 0. The molecule has 4 atom stereocenters. The molecule has 1 aliphatic rings. The van der Waals surface area contributed by atoms with Crippen LogP contribution in [0.4, 0.5) is 0 Å². The van der Waals surface area contributed by atoms with Crippen molar-refractivity contribution >= 4 is 5.78 Å². The zero-order valence-corrected chi connectivity index (χ0v) is 11.7. The molecule has 5 heteroatoms. The van der Waals surface area contributed by atoms with Gasteiger partial charge >= 0.3 is 0 Å². The van der Waals surface area contributed by atoms with E-state index in [1.54, 1.807) is 6.92 Å². The number of rotatable bonds is 4. The van der Waals surface area contributed by atoms with E-state index in [2.05, 4.69) is 0 Å². The normalized spacial score (nSPS) is 30.2. The van der Waals surface area contributed by atoms with Crippen LogP contribution in [-0.4, -0.2) is 30.5 Å². The van der Waals surface area contributed by atoms with Gasteiger partial charge in [-0.25, -0.2) is 0 Å². The van der Waals surface area contributed by atoms with Crippen molar-refractivity contribution in [3.63, 3.8) is 0 Å². The molecule has 0 N–H and O–H groups in total. The summed E-state index contributed by atoms with van der Waals surface area (Å²) in [6.45, 7) is 2.01. The molecule has 0 aromatic heterocycles. The predicted octanol–water partition coefficient (Wildman–Crippen LogP) is 2.29. The van der Waals surface area contributed by atoms with Crippen LogP contribution in [-0.2, 0) is 9.53 Å². The van der Waals surface area contributed by atoms with Crippen molar-refractivity contribution in [3.8, 4) is 0 Å². The zero-order chi connectivity index (χ0) is 14.7. The number of carbonyl (C=O) groups is 1. The van der Waals surface area contributed by atoms with E-state index >= 15 is 0 Å². The number of methoxy groups -OCH3 is 1. The Bertz CT molecular complexity index is 488. The number of benzene rings is 1. The lowest BCUT2D eigenvalue weighted by Crippen LogP contribution is -2.48. The number of nitrogens with zero attached hydrogens (tertiary/aromatic N) is 1. The van der Waals surface area contributed by atoms with Gasteiger partial charge in [0, 0.05) is 24.4 Å². The Kier molecular flexibility index (Phi) is 4.49. The topological polar surface area (TPSA) is 69.4 Å². The quantitative estimate of drug-likeness (QED) is 0.625. The monoisotopic (exact) mass is 277 g/mol. The third-order valence-electron chi connectivity index (χ3n) is 4.25. The third-order valence-corrected chi connectivity index (χ3v) is 4.25. The van der Waals surface area contributed by atoms with Crippen molar-refractivity contribution in [1.29, 1.82) is 0 Å². The van der Waals surface area contributed by atoms with Gasteiger partial charge in [-0.1, -0.05) is 37.3 Å². The lowest BCUT2D eigenvalue weighted by atomic mass is 9.68. The molecule has 0 aliphatic heterocycles. The van der Waals surface area contributed by atoms with Crippen LogP contribution >= 0.6 is 0 Å². The van der Waals surface area contributed by atoms with Crippen LogP contribution in [0, 0.1) is 22.0 Å². The molecule has 5 nitrogen and oxygen atoms in total. The average molecular weight is 277 g/mol. The summed E-state index contributed by atoms with van der Waals surface area (Å²) in [7, 11) is 1.51. The molecule has 0 amide bonds. The number of ether oxygens (including phenoxy) is 1. The van der Waals surface area contributed by atoms with E-state index < -0.39 is 6.04 Å². The maximum absolute atomic E-state index is 12.2. The maximum Gasteiger partial charge on any atom is 0.226 e. The largest absolute Gasteiger partial charge is 0.384 e. The summed E-state index contributed by atoms with van der Waals surface area (Å²) in [4.78, 5) is 23.4. The number of hydrogen-bond acceptors (Lipinski definition) is 4. The fourth-order valence-electron chi connectivity index (χ4n) is 3.11. The van der Waals surface area contributed by atoms with Crippen LogP contribution in [0.2, 0.25) is 0 Å². The summed E-state index contributed by atoms with van der Waals surface area (Å²) >= 11 is 0. The van der Waals surface area contributed by atoms with Crippen molar-refractivity contribution in [2.24, 2.45) is 11.8 Å². The molecule has 1 fully saturated rings. The highest BCUT2D eigenvalue weighted by molar-refractivity contribution is 5.83. The Balaban J connectivity index is 2.38. The van der Waals surface area contributed by atoms with E-state index in [1.165, 1.54) is 7.11 Å². The molecule has 0 radical (unpaired) electrons. The molecule has 0 spiro atoms. The summed E-state index contributed by atoms with van der Waals surface area (Å²) < 4.78 is 5.11. The first-order chi connectivity index (χ1) is 9.56. The fraction of sp³-hybridized carbons (Fsp3) is 0.533. The van der Waals surface area contributed by atoms with Gasteiger partial charge in [-0.05, 0) is 5.56 Å². The van der Waals surface area contributed by atoms with Gasteiger partial charge in [0.1, 0.15) is 5.78 Å². The van der Waals surface area contributed by atoms with Gasteiger partial charge in [0.2, 0.25) is 6.04 Å². The standard InChI is InChI=1S/C15H19NO4/c1-10-13(9-20-2)15(16(18)19)12(8-14(10)17)11-6-4-3-5-7-11/h3-7,10,12-13,15H,8-9H2,1-2H3/t10-,12-,13+,15-/m1/s1. The molecule has 2 rings (SSSR count). The second-order valence-electron chi connectivity index (χ2n) is 5.37. The summed E-state index contributed by atoms with van der Waals surface area (Å²) in [6, 6.07) is 8.50. The van der Waals surface area contributed by atoms with Crippen LogP contribution in [0.15, 0.2) is 30.3 Å². The second-order valence-corrected chi connectivity index (χ2v) is 5.37. The molecular formula is C15H19NO4. The third kappa shape index (κ3) is 2.72. The second kappa shape index (κ2) is 6.13. The van der Waals surface area contributed by atoms with Gasteiger partial charge in [0.05, 0.1) is 18.4 Å². The molecule has 1 aromatic rings. The fourth-order valence-corrected chi connectivity index (χ4v) is 3.11. The molecule has 1 aromatic carbocycles. The van der Waals surface area contributed by atoms with Gasteiger partial charge in [-0.15, -0.1) is 0 Å². The van der Waals surface area contributed by atoms with Crippen molar-refractivity contribution in [1.82, 2.24) is 0 Å². The summed E-state index contributed by atoms with van der Waals surface area (Å²) in [5.41, 5.74) is 0.857. The first-order valence-electron chi connectivity index (χ1n) is 6.76. The van der Waals surface area contributed by atoms with Crippen molar-refractivity contribution in [3.05, 3.63) is 46.0 Å². The molecule has 0 bridgehead atoms. The Labute approximate surface area is 118 Å². The first kappa shape index (κ1) is 14.7. The van der Waals surface area contributed by atoms with Crippen LogP contribution in [0.3, 0.4) is 0 Å². The highest BCUT2D eigenvalue weighted by Gasteiger charge is 2.49. The lowest BCUT2D eigenvalue weighted by Gasteiger charge is -2.35. The smallest absolute Gasteiger partial charge is 0.226 e. The molecule has 0 unspecified atom stereocenters. The Morgan fingerprint density at radius 1 is 1.35 bits per heavy atom. The van der Waals surface area contributed by atoms with E-state index in [-0.39, 0.29) is 41.5 Å². The van der Waals surface area contributed by atoms with Gasteiger partial charge in [-0.3, -0.25) is 14.9 Å². The molecule has 20 heavy (non-hydrogen) atoms. The molecule has 108 valence electrons. The summed E-state index contributed by atoms with van der Waals surface area (Å²) in [6.07, 6.45) is 0.233. The van der Waals surface area contributed by atoms with Crippen molar-refractivity contribution in [2.75, 3.05) is 13.7 Å². The number of carbonyl (C=O) groups excluding carboxylic acids is 1. The van der Waals surface area contributed by atoms with Gasteiger partial charge in [0.15, 0.2) is 0 Å². The van der Waals surface area contributed by atoms with Crippen molar-refractivity contribution < 1.29 is 14.5 Å². The van der Waals surface area contributed by atoms with E-state index in [9.17, 15) is 14.9 Å². The van der Waals surface area contributed by atoms with Gasteiger partial charge < -0.3 is 4.74 Å². The molecule has 1 aliphatic carbocycles. The molecule has 1 saturated carbocycles. The minimum atomic E-state index is -0.773. The highest BCUT2D eigenvalue weighted by Crippen LogP contribution is 2.39. The van der Waals surface area contributed by atoms with E-state index in [0.29, 0.717) is 0 Å². The molecule has 0 saturated heterocycles. The Morgan fingerprint density at radius 2 is 2.00 bits per heavy atom. The summed E-state index contributed by atoms with van der Waals surface area (Å²) in [5.74, 6) is -0.985. The maximum atomic E-state index is 12.2. The van der Waals surface area contributed by atoms with Crippen LogP contribution in [0.5, 0.6) is 0 Å². The average Bonchev–Trinajstić information content (AvgIpc) is 2.44. The Morgan fingerprint density at radius 3 is 2.55 bits per heavy atom. The minimum Gasteiger partial charge on any atom is -0.384 e. The van der Waals surface area contributed by atoms with Crippen LogP contribution < -0.4 is 0 Å². The zero-order valence-electron chi connectivity index (χ0n) is 11.7. The van der Waals surface area contributed by atoms with E-state index in [0.717, 1.165) is 5.56 Å². The van der Waals surface area contributed by atoms with Crippen LogP contribution in [0.25, 0.3) is 0 Å². The van der Waals surface area contributed by atoms with E-state index in [1.807, 2.05) is 30.3 Å². The van der Waals surface area contributed by atoms with E-state index in [4.69, 9.17) is 4.74 Å². The van der Waals surface area contributed by atoms with Gasteiger partial charge in [-0.2, -0.15) is 0 Å². The molecule has 0 heterocycles. The SMILES string of the molecule is COC[C@@H]1[C@H]([N+](=O)[O-])[C@@H](c2ccccc2)CC(=O)[C@@H]1C. The number of Topliss-reactive ketones (excluding diaryl/α,β-unsaturated/α-hetero) is 1. The first-order valence-corrected chi connectivity index (χ1v) is 6.76.